The van der Waals surface area contributed by atoms with Crippen molar-refractivity contribution >= 4 is 0 Å². The van der Waals surface area contributed by atoms with E-state index >= 15 is 0 Å². The summed E-state index contributed by atoms with van der Waals surface area (Å²) in [5, 5.41) is 13.9. The van der Waals surface area contributed by atoms with E-state index in [1.165, 1.54) is 36.8 Å². The van der Waals surface area contributed by atoms with Gasteiger partial charge in [-0.25, -0.2) is 0 Å². The second-order valence-corrected chi connectivity index (χ2v) is 11.9. The van der Waals surface area contributed by atoms with Crippen LogP contribution < -0.4 is 5.32 Å². The molecule has 0 aromatic heterocycles. The van der Waals surface area contributed by atoms with Gasteiger partial charge in [0.2, 0.25) is 0 Å². The van der Waals surface area contributed by atoms with E-state index in [4.69, 9.17) is 9.47 Å². The quantitative estimate of drug-likeness (QED) is 0.471. The molecule has 4 rings (SSSR count). The highest BCUT2D eigenvalue weighted by Gasteiger charge is 2.47. The van der Waals surface area contributed by atoms with Crippen LogP contribution in [0.5, 0.6) is 0 Å². The number of aliphatic hydroxyl groups is 1. The molecule has 0 amide bonds. The van der Waals surface area contributed by atoms with Gasteiger partial charge in [0.1, 0.15) is 0 Å². The molecule has 2 fully saturated rings. The molecule has 4 aliphatic rings. The largest absolute Gasteiger partial charge is 0.393 e. The van der Waals surface area contributed by atoms with Gasteiger partial charge in [0.15, 0.2) is 6.29 Å². The number of hydrogen-bond acceptors (Lipinski definition) is 5. The molecule has 1 saturated heterocycles. The van der Waals surface area contributed by atoms with E-state index in [1.54, 1.807) is 11.1 Å². The van der Waals surface area contributed by atoms with Crippen molar-refractivity contribution in [3.05, 3.63) is 34.4 Å². The highest BCUT2D eigenvalue weighted by molar-refractivity contribution is 5.50. The van der Waals surface area contributed by atoms with Crippen molar-refractivity contribution in [2.75, 3.05) is 40.3 Å². The van der Waals surface area contributed by atoms with Crippen LogP contribution in [0.3, 0.4) is 0 Å². The molecule has 192 valence electrons. The molecule has 0 aromatic rings. The SMILES string of the molecule is CC(C)C1=C2C3=CC=C(CNCCCN(C)C)CC(OC4CC(O)CCO4)C3CCC2(C)CC1. The normalized spacial score (nSPS) is 34.1. The molecular formula is C29H48N2O3. The summed E-state index contributed by atoms with van der Waals surface area (Å²) >= 11 is 0. The summed E-state index contributed by atoms with van der Waals surface area (Å²) in [6.07, 6.45) is 12.7. The van der Waals surface area contributed by atoms with Crippen molar-refractivity contribution in [2.24, 2.45) is 17.3 Å². The average molecular weight is 473 g/mol. The molecule has 1 saturated carbocycles. The van der Waals surface area contributed by atoms with Crippen LogP contribution >= 0.6 is 0 Å². The van der Waals surface area contributed by atoms with Crippen LogP contribution in [-0.4, -0.2) is 68.8 Å². The van der Waals surface area contributed by atoms with Gasteiger partial charge in [-0.2, -0.15) is 0 Å². The predicted molar refractivity (Wildman–Crippen MR) is 139 cm³/mol. The molecule has 1 heterocycles. The average Bonchev–Trinajstić information content (AvgIpc) is 3.04. The lowest BCUT2D eigenvalue weighted by Gasteiger charge is -2.43. The van der Waals surface area contributed by atoms with Crippen LogP contribution in [0.4, 0.5) is 0 Å². The summed E-state index contributed by atoms with van der Waals surface area (Å²) in [4.78, 5) is 2.24. The fourth-order valence-electron chi connectivity index (χ4n) is 6.57. The summed E-state index contributed by atoms with van der Waals surface area (Å²) in [6.45, 7) is 10.8. The lowest BCUT2D eigenvalue weighted by molar-refractivity contribution is -0.213. The maximum atomic E-state index is 10.2. The Morgan fingerprint density at radius 3 is 2.79 bits per heavy atom. The smallest absolute Gasteiger partial charge is 0.160 e. The lowest BCUT2D eigenvalue weighted by Crippen LogP contribution is -2.40. The molecule has 0 spiro atoms. The number of hydrogen-bond donors (Lipinski definition) is 2. The van der Waals surface area contributed by atoms with E-state index < -0.39 is 0 Å². The first kappa shape index (κ1) is 26.1. The Kier molecular flexibility index (Phi) is 8.74. The molecule has 0 bridgehead atoms. The molecule has 5 heteroatoms. The van der Waals surface area contributed by atoms with Crippen LogP contribution in [-0.2, 0) is 9.47 Å². The summed E-state index contributed by atoms with van der Waals surface area (Å²) in [5.41, 5.74) is 6.57. The van der Waals surface area contributed by atoms with Crippen molar-refractivity contribution < 1.29 is 14.6 Å². The first-order valence-electron chi connectivity index (χ1n) is 13.7. The van der Waals surface area contributed by atoms with Gasteiger partial charge in [-0.1, -0.05) is 44.1 Å². The molecule has 5 atom stereocenters. The summed E-state index contributed by atoms with van der Waals surface area (Å²) in [7, 11) is 4.26. The number of aliphatic hydroxyl groups excluding tert-OH is 1. The van der Waals surface area contributed by atoms with Gasteiger partial charge in [-0.3, -0.25) is 0 Å². The highest BCUT2D eigenvalue weighted by Crippen LogP contribution is 2.58. The number of allylic oxidation sites excluding steroid dienone is 4. The molecule has 2 N–H and O–H groups in total. The molecule has 34 heavy (non-hydrogen) atoms. The van der Waals surface area contributed by atoms with E-state index in [2.05, 4.69) is 57.2 Å². The molecular weight excluding hydrogens is 424 g/mol. The van der Waals surface area contributed by atoms with Gasteiger partial charge in [-0.05, 0) is 94.6 Å². The Labute approximate surface area is 207 Å². The van der Waals surface area contributed by atoms with Gasteiger partial charge < -0.3 is 24.8 Å². The van der Waals surface area contributed by atoms with Crippen LogP contribution in [0.15, 0.2) is 34.4 Å². The Hall–Kier alpha value is -0.980. The maximum Gasteiger partial charge on any atom is 0.160 e. The lowest BCUT2D eigenvalue weighted by atomic mass is 9.64. The summed E-state index contributed by atoms with van der Waals surface area (Å²) in [5.74, 6) is 0.998. The van der Waals surface area contributed by atoms with Crippen molar-refractivity contribution in [3.63, 3.8) is 0 Å². The summed E-state index contributed by atoms with van der Waals surface area (Å²) < 4.78 is 12.7. The Morgan fingerprint density at radius 2 is 2.06 bits per heavy atom. The fraction of sp³-hybridized carbons (Fsp3) is 0.793. The van der Waals surface area contributed by atoms with E-state index in [1.807, 2.05) is 0 Å². The Balaban J connectivity index is 1.56. The van der Waals surface area contributed by atoms with Crippen molar-refractivity contribution in [1.82, 2.24) is 10.2 Å². The number of ether oxygens (including phenoxy) is 2. The Bertz CT molecular complexity index is 799. The van der Waals surface area contributed by atoms with Crippen molar-refractivity contribution in [1.29, 1.82) is 0 Å². The zero-order chi connectivity index (χ0) is 24.3. The van der Waals surface area contributed by atoms with E-state index in [9.17, 15) is 5.11 Å². The van der Waals surface area contributed by atoms with Gasteiger partial charge in [0, 0.05) is 18.9 Å². The van der Waals surface area contributed by atoms with Gasteiger partial charge >= 0.3 is 0 Å². The zero-order valence-electron chi connectivity index (χ0n) is 22.2. The minimum atomic E-state index is -0.312. The number of nitrogens with zero attached hydrogens (tertiary/aromatic N) is 1. The van der Waals surface area contributed by atoms with E-state index in [0.717, 1.165) is 32.5 Å². The first-order chi connectivity index (χ1) is 16.3. The van der Waals surface area contributed by atoms with Crippen molar-refractivity contribution in [2.45, 2.75) is 90.6 Å². The van der Waals surface area contributed by atoms with Crippen LogP contribution in [0.25, 0.3) is 0 Å². The van der Waals surface area contributed by atoms with Gasteiger partial charge in [-0.15, -0.1) is 0 Å². The van der Waals surface area contributed by atoms with E-state index in [-0.39, 0.29) is 18.5 Å². The number of fused-ring (bicyclic) bond motifs is 3. The third kappa shape index (κ3) is 6.04. The monoisotopic (exact) mass is 472 g/mol. The highest BCUT2D eigenvalue weighted by atomic mass is 16.7. The van der Waals surface area contributed by atoms with Crippen LogP contribution in [0.1, 0.15) is 72.1 Å². The summed E-state index contributed by atoms with van der Waals surface area (Å²) in [6, 6.07) is 0. The molecule has 5 unspecified atom stereocenters. The molecule has 0 radical (unpaired) electrons. The Morgan fingerprint density at radius 1 is 1.24 bits per heavy atom. The zero-order valence-corrected chi connectivity index (χ0v) is 22.2. The molecule has 1 aliphatic heterocycles. The second kappa shape index (κ2) is 11.4. The molecule has 3 aliphatic carbocycles. The van der Waals surface area contributed by atoms with Crippen molar-refractivity contribution in [3.8, 4) is 0 Å². The topological polar surface area (TPSA) is 54.0 Å². The van der Waals surface area contributed by atoms with Crippen LogP contribution in [0.2, 0.25) is 0 Å². The fourth-order valence-corrected chi connectivity index (χ4v) is 6.57. The van der Waals surface area contributed by atoms with Gasteiger partial charge in [0.05, 0.1) is 18.8 Å². The minimum Gasteiger partial charge on any atom is -0.393 e. The second-order valence-electron chi connectivity index (χ2n) is 11.9. The maximum absolute atomic E-state index is 10.2. The predicted octanol–water partition coefficient (Wildman–Crippen LogP) is 4.83. The molecule has 0 aromatic carbocycles. The third-order valence-corrected chi connectivity index (χ3v) is 8.53. The number of nitrogens with one attached hydrogen (secondary N) is 1. The standard InChI is InChI=1S/C29H48N2O3/c1-20(2)23-9-12-29(3)13-10-24-25(28(23)29)8-7-21(19-30-14-6-15-31(4)5)17-26(24)34-27-18-22(32)11-16-33-27/h7-8,20,22,24,26-27,30,32H,6,9-19H2,1-5H3. The molecule has 5 nitrogen and oxygen atoms in total. The number of rotatable bonds is 9. The van der Waals surface area contributed by atoms with Crippen LogP contribution in [0, 0.1) is 17.3 Å². The van der Waals surface area contributed by atoms with Gasteiger partial charge in [0.25, 0.3) is 0 Å². The third-order valence-electron chi connectivity index (χ3n) is 8.53. The van der Waals surface area contributed by atoms with E-state index in [0.29, 0.717) is 36.7 Å². The first-order valence-corrected chi connectivity index (χ1v) is 13.7. The minimum absolute atomic E-state index is 0.102.